The first-order valence-electron chi connectivity index (χ1n) is 6.41. The molecule has 2 N–H and O–H groups in total. The summed E-state index contributed by atoms with van der Waals surface area (Å²) in [4.78, 5) is 0.300. The first-order valence-corrected chi connectivity index (χ1v) is 8.64. The van der Waals surface area contributed by atoms with Crippen LogP contribution in [0, 0.1) is 0 Å². The largest absolute Gasteiger partial charge is 0.389 e. The highest BCUT2D eigenvalue weighted by molar-refractivity contribution is 7.89. The van der Waals surface area contributed by atoms with Crippen LogP contribution in [-0.2, 0) is 10.0 Å². The van der Waals surface area contributed by atoms with Crippen molar-refractivity contribution in [1.82, 2.24) is 4.31 Å². The highest BCUT2D eigenvalue weighted by Crippen LogP contribution is 2.30. The Hall–Kier alpha value is -0.690. The first-order chi connectivity index (χ1) is 9.34. The van der Waals surface area contributed by atoms with Gasteiger partial charge in [-0.15, -0.1) is 0 Å². The smallest absolute Gasteiger partial charge is 0.244 e. The molecule has 0 saturated heterocycles. The summed E-state index contributed by atoms with van der Waals surface area (Å²) >= 11 is 10.9. The zero-order valence-electron chi connectivity index (χ0n) is 11.2. The molecule has 0 aromatic heterocycles. The SMILES string of the molecule is CN(C1CCCC1)S(=O)(=O)c1ccc(C(N)=S)cc1Cl. The van der Waals surface area contributed by atoms with Gasteiger partial charge in [0, 0.05) is 18.7 Å². The highest BCUT2D eigenvalue weighted by Gasteiger charge is 2.31. The van der Waals surface area contributed by atoms with E-state index in [0.29, 0.717) is 5.56 Å². The lowest BCUT2D eigenvalue weighted by molar-refractivity contribution is 0.373. The second-order valence-electron chi connectivity index (χ2n) is 4.97. The minimum atomic E-state index is -3.58. The van der Waals surface area contributed by atoms with Gasteiger partial charge >= 0.3 is 0 Å². The third-order valence-corrected chi connectivity index (χ3v) is 6.34. The van der Waals surface area contributed by atoms with Gasteiger partial charge in [-0.1, -0.05) is 42.7 Å². The summed E-state index contributed by atoms with van der Waals surface area (Å²) in [5.41, 5.74) is 6.08. The van der Waals surface area contributed by atoms with Crippen LogP contribution in [0.25, 0.3) is 0 Å². The standard InChI is InChI=1S/C13H17ClN2O2S2/c1-16(10-4-2-3-5-10)20(17,18)12-7-6-9(13(15)19)8-11(12)14/h6-8,10H,2-5H2,1H3,(H2,15,19). The van der Waals surface area contributed by atoms with Gasteiger partial charge in [0.25, 0.3) is 0 Å². The molecule has 20 heavy (non-hydrogen) atoms. The molecule has 1 aromatic rings. The fourth-order valence-corrected chi connectivity index (χ4v) is 4.54. The number of benzene rings is 1. The van der Waals surface area contributed by atoms with Crippen LogP contribution in [0.15, 0.2) is 23.1 Å². The van der Waals surface area contributed by atoms with Crippen molar-refractivity contribution >= 4 is 38.8 Å². The van der Waals surface area contributed by atoms with Crippen LogP contribution in [0.3, 0.4) is 0 Å². The maximum absolute atomic E-state index is 12.6. The molecule has 1 aliphatic rings. The minimum absolute atomic E-state index is 0.0614. The van der Waals surface area contributed by atoms with E-state index in [-0.39, 0.29) is 20.9 Å². The Morgan fingerprint density at radius 1 is 1.40 bits per heavy atom. The number of nitrogens with zero attached hydrogens (tertiary/aromatic N) is 1. The third-order valence-electron chi connectivity index (χ3n) is 3.71. The molecular formula is C13H17ClN2O2S2. The molecule has 0 bridgehead atoms. The molecule has 1 fully saturated rings. The number of hydrogen-bond donors (Lipinski definition) is 1. The first kappa shape index (κ1) is 15.7. The maximum Gasteiger partial charge on any atom is 0.244 e. The summed E-state index contributed by atoms with van der Waals surface area (Å²) in [5.74, 6) is 0. The van der Waals surface area contributed by atoms with Gasteiger partial charge in [0.1, 0.15) is 9.88 Å². The molecular weight excluding hydrogens is 316 g/mol. The fourth-order valence-electron chi connectivity index (χ4n) is 2.48. The Bertz CT molecular complexity index is 625. The third kappa shape index (κ3) is 2.98. The van der Waals surface area contributed by atoms with Crippen LogP contribution < -0.4 is 5.73 Å². The Morgan fingerprint density at radius 3 is 2.50 bits per heavy atom. The van der Waals surface area contributed by atoms with E-state index in [9.17, 15) is 8.42 Å². The van der Waals surface area contributed by atoms with Gasteiger partial charge in [-0.2, -0.15) is 4.31 Å². The number of nitrogens with two attached hydrogens (primary N) is 1. The summed E-state index contributed by atoms with van der Waals surface area (Å²) < 4.78 is 26.6. The van der Waals surface area contributed by atoms with Crippen molar-refractivity contribution in [2.75, 3.05) is 7.05 Å². The lowest BCUT2D eigenvalue weighted by atomic mass is 10.2. The minimum Gasteiger partial charge on any atom is -0.389 e. The van der Waals surface area contributed by atoms with Crippen LogP contribution in [-0.4, -0.2) is 30.8 Å². The molecule has 7 heteroatoms. The van der Waals surface area contributed by atoms with Crippen LogP contribution in [0.4, 0.5) is 0 Å². The molecule has 0 spiro atoms. The Labute approximate surface area is 130 Å². The number of thiocarbonyl (C=S) groups is 1. The average Bonchev–Trinajstić information content (AvgIpc) is 2.90. The van der Waals surface area contributed by atoms with Crippen molar-refractivity contribution in [3.05, 3.63) is 28.8 Å². The predicted molar refractivity (Wildman–Crippen MR) is 84.5 cm³/mol. The van der Waals surface area contributed by atoms with E-state index >= 15 is 0 Å². The van der Waals surface area contributed by atoms with Crippen LogP contribution in [0.2, 0.25) is 5.02 Å². The van der Waals surface area contributed by atoms with Crippen molar-refractivity contribution in [3.63, 3.8) is 0 Å². The van der Waals surface area contributed by atoms with Gasteiger partial charge in [0.2, 0.25) is 10.0 Å². The van der Waals surface area contributed by atoms with Gasteiger partial charge in [-0.05, 0) is 25.0 Å². The molecule has 0 aliphatic heterocycles. The van der Waals surface area contributed by atoms with Crippen LogP contribution in [0.1, 0.15) is 31.2 Å². The highest BCUT2D eigenvalue weighted by atomic mass is 35.5. The lowest BCUT2D eigenvalue weighted by Gasteiger charge is -2.24. The molecule has 0 amide bonds. The molecule has 110 valence electrons. The van der Waals surface area contributed by atoms with Crippen molar-refractivity contribution in [1.29, 1.82) is 0 Å². The van der Waals surface area contributed by atoms with Gasteiger partial charge in [0.15, 0.2) is 0 Å². The van der Waals surface area contributed by atoms with Crippen molar-refractivity contribution in [2.24, 2.45) is 5.73 Å². The quantitative estimate of drug-likeness (QED) is 0.861. The van der Waals surface area contributed by atoms with E-state index in [0.717, 1.165) is 25.7 Å². The second-order valence-corrected chi connectivity index (χ2v) is 7.78. The van der Waals surface area contributed by atoms with E-state index in [1.165, 1.54) is 16.4 Å². The average molecular weight is 333 g/mol. The van der Waals surface area contributed by atoms with E-state index in [1.54, 1.807) is 13.1 Å². The number of hydrogen-bond acceptors (Lipinski definition) is 3. The Morgan fingerprint density at radius 2 is 2.00 bits per heavy atom. The number of rotatable bonds is 4. The molecule has 1 aromatic carbocycles. The summed E-state index contributed by atoms with van der Waals surface area (Å²) in [6.45, 7) is 0. The summed E-state index contributed by atoms with van der Waals surface area (Å²) in [7, 11) is -1.96. The second kappa shape index (κ2) is 5.97. The molecule has 0 unspecified atom stereocenters. The van der Waals surface area contributed by atoms with Crippen molar-refractivity contribution < 1.29 is 8.42 Å². The molecule has 4 nitrogen and oxygen atoms in total. The van der Waals surface area contributed by atoms with Gasteiger partial charge in [-0.25, -0.2) is 8.42 Å². The van der Waals surface area contributed by atoms with E-state index in [4.69, 9.17) is 29.6 Å². The van der Waals surface area contributed by atoms with Crippen molar-refractivity contribution in [2.45, 2.75) is 36.6 Å². The Balaban J connectivity index is 2.36. The molecule has 0 atom stereocenters. The summed E-state index contributed by atoms with van der Waals surface area (Å²) in [6.07, 6.45) is 3.94. The maximum atomic E-state index is 12.6. The molecule has 0 radical (unpaired) electrons. The predicted octanol–water partition coefficient (Wildman–Crippen LogP) is 2.54. The van der Waals surface area contributed by atoms with E-state index < -0.39 is 10.0 Å². The molecule has 1 aliphatic carbocycles. The zero-order chi connectivity index (χ0) is 14.9. The molecule has 0 heterocycles. The normalized spacial score (nSPS) is 16.8. The fraction of sp³-hybridized carbons (Fsp3) is 0.462. The summed E-state index contributed by atoms with van der Waals surface area (Å²) in [5, 5.41) is 0.153. The molecule has 1 saturated carbocycles. The zero-order valence-corrected chi connectivity index (χ0v) is 13.6. The molecule has 2 rings (SSSR count). The van der Waals surface area contributed by atoms with E-state index in [2.05, 4.69) is 0 Å². The number of halogens is 1. The van der Waals surface area contributed by atoms with Gasteiger partial charge in [-0.3, -0.25) is 0 Å². The van der Waals surface area contributed by atoms with Crippen molar-refractivity contribution in [3.8, 4) is 0 Å². The van der Waals surface area contributed by atoms with Crippen LogP contribution in [0.5, 0.6) is 0 Å². The van der Waals surface area contributed by atoms with Crippen LogP contribution >= 0.6 is 23.8 Å². The lowest BCUT2D eigenvalue weighted by Crippen LogP contribution is -2.35. The monoisotopic (exact) mass is 332 g/mol. The number of sulfonamides is 1. The van der Waals surface area contributed by atoms with Gasteiger partial charge in [0.05, 0.1) is 5.02 Å². The van der Waals surface area contributed by atoms with Gasteiger partial charge < -0.3 is 5.73 Å². The van der Waals surface area contributed by atoms with E-state index in [1.807, 2.05) is 0 Å². The Kier molecular flexibility index (Phi) is 4.69. The summed E-state index contributed by atoms with van der Waals surface area (Å²) in [6, 6.07) is 4.62. The topological polar surface area (TPSA) is 63.4 Å².